The molecule has 0 bridgehead atoms. The molecular weight excluding hydrogens is 383 g/mol. The van der Waals surface area contributed by atoms with Gasteiger partial charge >= 0.3 is 0 Å². The van der Waals surface area contributed by atoms with Gasteiger partial charge in [-0.25, -0.2) is 4.90 Å². The molecular formula is C15H13IN2O3. The van der Waals surface area contributed by atoms with Crippen LogP contribution in [0, 0.1) is 3.57 Å². The van der Waals surface area contributed by atoms with Crippen LogP contribution < -0.4 is 10.2 Å². The first-order valence-corrected chi connectivity index (χ1v) is 7.61. The second-order valence-corrected chi connectivity index (χ2v) is 6.01. The molecule has 0 spiro atoms. The molecule has 2 amide bonds. The number of amides is 2. The molecule has 1 atom stereocenters. The van der Waals surface area contributed by atoms with E-state index in [1.165, 1.54) is 4.90 Å². The van der Waals surface area contributed by atoms with Crippen molar-refractivity contribution in [1.29, 1.82) is 0 Å². The van der Waals surface area contributed by atoms with Gasteiger partial charge < -0.3 is 4.42 Å². The van der Waals surface area contributed by atoms with E-state index in [1.807, 2.05) is 18.2 Å². The number of hydrogen-bond acceptors (Lipinski definition) is 4. The summed E-state index contributed by atoms with van der Waals surface area (Å²) in [5.41, 5.74) is 0.618. The van der Waals surface area contributed by atoms with E-state index in [0.717, 1.165) is 9.33 Å². The summed E-state index contributed by atoms with van der Waals surface area (Å²) in [6.07, 6.45) is 1.75. The zero-order valence-corrected chi connectivity index (χ0v) is 13.2. The highest BCUT2D eigenvalue weighted by Gasteiger charge is 2.39. The Balaban J connectivity index is 1.71. The minimum atomic E-state index is -0.498. The number of imide groups is 1. The molecule has 108 valence electrons. The molecule has 1 aromatic carbocycles. The number of carbonyl (C=O) groups excluding carboxylic acids is 2. The van der Waals surface area contributed by atoms with E-state index in [-0.39, 0.29) is 18.2 Å². The summed E-state index contributed by atoms with van der Waals surface area (Å²) >= 11 is 2.18. The number of hydrogen-bond donors (Lipinski definition) is 1. The molecule has 0 radical (unpaired) electrons. The van der Waals surface area contributed by atoms with Crippen LogP contribution in [0.5, 0.6) is 0 Å². The number of furan rings is 1. The summed E-state index contributed by atoms with van der Waals surface area (Å²) in [5.74, 6) is 0.342. The SMILES string of the molecule is O=C1C[C@H](NCc2ccco2)C(=O)N1c1ccc(I)cc1. The Kier molecular flexibility index (Phi) is 4.07. The molecule has 3 rings (SSSR count). The van der Waals surface area contributed by atoms with E-state index < -0.39 is 6.04 Å². The fourth-order valence-corrected chi connectivity index (χ4v) is 2.65. The van der Waals surface area contributed by atoms with Crippen LogP contribution in [0.4, 0.5) is 5.69 Å². The molecule has 5 nitrogen and oxygen atoms in total. The first kappa shape index (κ1) is 14.3. The second kappa shape index (κ2) is 5.98. The quantitative estimate of drug-likeness (QED) is 0.637. The summed E-state index contributed by atoms with van der Waals surface area (Å²) in [6.45, 7) is 0.428. The monoisotopic (exact) mass is 396 g/mol. The molecule has 2 aromatic rings. The predicted octanol–water partition coefficient (Wildman–Crippen LogP) is 2.31. The zero-order valence-electron chi connectivity index (χ0n) is 11.1. The van der Waals surface area contributed by atoms with Gasteiger partial charge in [-0.2, -0.15) is 0 Å². The van der Waals surface area contributed by atoms with Crippen LogP contribution in [0.25, 0.3) is 0 Å². The number of nitrogens with zero attached hydrogens (tertiary/aromatic N) is 1. The first-order valence-electron chi connectivity index (χ1n) is 6.53. The van der Waals surface area contributed by atoms with Gasteiger partial charge in [0.25, 0.3) is 5.91 Å². The largest absolute Gasteiger partial charge is 0.468 e. The van der Waals surface area contributed by atoms with Crippen LogP contribution in [-0.2, 0) is 16.1 Å². The van der Waals surface area contributed by atoms with Crippen LogP contribution in [0.3, 0.4) is 0 Å². The van der Waals surface area contributed by atoms with Crippen molar-refractivity contribution >= 4 is 40.1 Å². The van der Waals surface area contributed by atoms with Gasteiger partial charge in [-0.15, -0.1) is 0 Å². The summed E-state index contributed by atoms with van der Waals surface area (Å²) in [4.78, 5) is 25.7. The maximum atomic E-state index is 12.4. The standard InChI is InChI=1S/C15H13IN2O3/c16-10-3-5-11(6-4-10)18-14(19)8-13(15(18)20)17-9-12-2-1-7-21-12/h1-7,13,17H,8-9H2/t13-/m0/s1. The lowest BCUT2D eigenvalue weighted by Gasteiger charge is -2.15. The van der Waals surface area contributed by atoms with E-state index in [0.29, 0.717) is 12.2 Å². The Morgan fingerprint density at radius 1 is 1.24 bits per heavy atom. The van der Waals surface area contributed by atoms with Crippen LogP contribution in [0.2, 0.25) is 0 Å². The summed E-state index contributed by atoms with van der Waals surface area (Å²) in [5, 5.41) is 3.07. The fraction of sp³-hybridized carbons (Fsp3) is 0.200. The van der Waals surface area contributed by atoms with Crippen molar-refractivity contribution in [3.05, 3.63) is 52.0 Å². The Labute approximate surface area is 135 Å². The maximum Gasteiger partial charge on any atom is 0.251 e. The molecule has 1 aliphatic heterocycles. The predicted molar refractivity (Wildman–Crippen MR) is 85.6 cm³/mol. The van der Waals surface area contributed by atoms with Crippen molar-refractivity contribution in [2.45, 2.75) is 19.0 Å². The molecule has 1 aromatic heterocycles. The van der Waals surface area contributed by atoms with E-state index in [9.17, 15) is 9.59 Å². The highest BCUT2D eigenvalue weighted by molar-refractivity contribution is 14.1. The lowest BCUT2D eigenvalue weighted by atomic mass is 10.2. The molecule has 1 aliphatic rings. The van der Waals surface area contributed by atoms with Crippen molar-refractivity contribution in [2.75, 3.05) is 4.90 Å². The van der Waals surface area contributed by atoms with Crippen molar-refractivity contribution in [3.8, 4) is 0 Å². The Hall–Kier alpha value is -1.67. The van der Waals surface area contributed by atoms with Gasteiger partial charge in [0.15, 0.2) is 0 Å². The normalized spacial score (nSPS) is 18.5. The molecule has 6 heteroatoms. The van der Waals surface area contributed by atoms with E-state index in [4.69, 9.17) is 4.42 Å². The van der Waals surface area contributed by atoms with Crippen LogP contribution in [-0.4, -0.2) is 17.9 Å². The lowest BCUT2D eigenvalue weighted by molar-refractivity contribution is -0.121. The molecule has 21 heavy (non-hydrogen) atoms. The van der Waals surface area contributed by atoms with Crippen LogP contribution >= 0.6 is 22.6 Å². The number of carbonyl (C=O) groups is 2. The maximum absolute atomic E-state index is 12.4. The molecule has 1 N–H and O–H groups in total. The zero-order chi connectivity index (χ0) is 14.8. The number of rotatable bonds is 4. The fourth-order valence-electron chi connectivity index (χ4n) is 2.29. The number of benzene rings is 1. The minimum absolute atomic E-state index is 0.172. The minimum Gasteiger partial charge on any atom is -0.468 e. The lowest BCUT2D eigenvalue weighted by Crippen LogP contribution is -2.38. The van der Waals surface area contributed by atoms with E-state index in [2.05, 4.69) is 27.9 Å². The van der Waals surface area contributed by atoms with E-state index >= 15 is 0 Å². The summed E-state index contributed by atoms with van der Waals surface area (Å²) in [7, 11) is 0. The highest BCUT2D eigenvalue weighted by atomic mass is 127. The van der Waals surface area contributed by atoms with Gasteiger partial charge in [0.2, 0.25) is 5.91 Å². The smallest absolute Gasteiger partial charge is 0.251 e. The third-order valence-electron chi connectivity index (χ3n) is 3.33. The highest BCUT2D eigenvalue weighted by Crippen LogP contribution is 2.23. The molecule has 1 fully saturated rings. The molecule has 0 unspecified atom stereocenters. The van der Waals surface area contributed by atoms with Crippen molar-refractivity contribution in [2.24, 2.45) is 0 Å². The number of anilines is 1. The average molecular weight is 396 g/mol. The van der Waals surface area contributed by atoms with Gasteiger partial charge in [-0.1, -0.05) is 0 Å². The Bertz CT molecular complexity index is 652. The molecule has 0 saturated carbocycles. The number of halogens is 1. The van der Waals surface area contributed by atoms with Crippen molar-refractivity contribution in [1.82, 2.24) is 5.32 Å². The van der Waals surface area contributed by atoms with Crippen molar-refractivity contribution < 1.29 is 14.0 Å². The second-order valence-electron chi connectivity index (χ2n) is 4.76. The van der Waals surface area contributed by atoms with Gasteiger partial charge in [-0.05, 0) is 59.0 Å². The van der Waals surface area contributed by atoms with Gasteiger partial charge in [0.05, 0.1) is 31.0 Å². The topological polar surface area (TPSA) is 62.6 Å². The Morgan fingerprint density at radius 2 is 2.00 bits per heavy atom. The third kappa shape index (κ3) is 3.01. The van der Waals surface area contributed by atoms with Crippen LogP contribution in [0.15, 0.2) is 47.1 Å². The molecule has 0 aliphatic carbocycles. The molecule has 2 heterocycles. The van der Waals surface area contributed by atoms with Gasteiger partial charge in [-0.3, -0.25) is 14.9 Å². The summed E-state index contributed by atoms with van der Waals surface area (Å²) < 4.78 is 6.27. The van der Waals surface area contributed by atoms with Gasteiger partial charge in [0, 0.05) is 3.57 Å². The summed E-state index contributed by atoms with van der Waals surface area (Å²) in [6, 6.07) is 10.4. The Morgan fingerprint density at radius 3 is 2.67 bits per heavy atom. The van der Waals surface area contributed by atoms with E-state index in [1.54, 1.807) is 24.5 Å². The van der Waals surface area contributed by atoms with Crippen LogP contribution in [0.1, 0.15) is 12.2 Å². The number of nitrogens with one attached hydrogen (secondary N) is 1. The first-order chi connectivity index (χ1) is 10.1. The van der Waals surface area contributed by atoms with Crippen molar-refractivity contribution in [3.63, 3.8) is 0 Å². The molecule has 1 saturated heterocycles. The van der Waals surface area contributed by atoms with Gasteiger partial charge in [0.1, 0.15) is 5.76 Å². The average Bonchev–Trinajstić information content (AvgIpc) is 3.07. The third-order valence-corrected chi connectivity index (χ3v) is 4.05.